The van der Waals surface area contributed by atoms with Crippen LogP contribution >= 0.6 is 0 Å². The first-order valence-electron chi connectivity index (χ1n) is 7.24. The Labute approximate surface area is 128 Å². The van der Waals surface area contributed by atoms with E-state index in [1.165, 1.54) is 10.4 Å². The van der Waals surface area contributed by atoms with Gasteiger partial charge in [0.05, 0.1) is 6.54 Å². The maximum absolute atomic E-state index is 12.3. The summed E-state index contributed by atoms with van der Waals surface area (Å²) in [7, 11) is -1.97. The molecule has 0 aliphatic carbocycles. The second kappa shape index (κ2) is 8.36. The SMILES string of the molecule is C=CCCCN(C)S(=O)(=O)c1ccc(CNCC(C)C)o1. The first-order chi connectivity index (χ1) is 9.87. The average Bonchev–Trinajstić information content (AvgIpc) is 2.88. The second-order valence-corrected chi connectivity index (χ2v) is 7.48. The van der Waals surface area contributed by atoms with E-state index in [4.69, 9.17) is 4.42 Å². The van der Waals surface area contributed by atoms with Crippen LogP contribution in [0, 0.1) is 5.92 Å². The summed E-state index contributed by atoms with van der Waals surface area (Å²) in [6.45, 7) is 9.71. The van der Waals surface area contributed by atoms with Crippen LogP contribution in [0.4, 0.5) is 0 Å². The fourth-order valence-corrected chi connectivity index (χ4v) is 2.94. The van der Waals surface area contributed by atoms with Crippen LogP contribution in [0.5, 0.6) is 0 Å². The van der Waals surface area contributed by atoms with Crippen LogP contribution in [0.25, 0.3) is 0 Å². The number of allylic oxidation sites excluding steroid dienone is 1. The van der Waals surface area contributed by atoms with Crippen LogP contribution in [-0.2, 0) is 16.6 Å². The summed E-state index contributed by atoms with van der Waals surface area (Å²) in [6, 6.07) is 3.23. The molecule has 5 nitrogen and oxygen atoms in total. The molecule has 0 aromatic carbocycles. The Morgan fingerprint density at radius 3 is 2.76 bits per heavy atom. The van der Waals surface area contributed by atoms with E-state index in [0.29, 0.717) is 24.8 Å². The van der Waals surface area contributed by atoms with Gasteiger partial charge in [0.2, 0.25) is 5.09 Å². The van der Waals surface area contributed by atoms with Crippen LogP contribution in [0.15, 0.2) is 34.3 Å². The molecule has 0 saturated heterocycles. The van der Waals surface area contributed by atoms with Crippen LogP contribution in [0.3, 0.4) is 0 Å². The first-order valence-corrected chi connectivity index (χ1v) is 8.68. The average molecular weight is 314 g/mol. The van der Waals surface area contributed by atoms with Crippen molar-refractivity contribution in [3.05, 3.63) is 30.5 Å². The van der Waals surface area contributed by atoms with Gasteiger partial charge in [-0.2, -0.15) is 4.31 Å². The molecule has 1 rings (SSSR count). The predicted octanol–water partition coefficient (Wildman–Crippen LogP) is 2.61. The Balaban J connectivity index is 2.62. The van der Waals surface area contributed by atoms with Crippen molar-refractivity contribution in [2.45, 2.75) is 38.3 Å². The number of sulfonamides is 1. The summed E-state index contributed by atoms with van der Waals surface area (Å²) in [5.74, 6) is 1.17. The van der Waals surface area contributed by atoms with Gasteiger partial charge in [-0.1, -0.05) is 19.9 Å². The lowest BCUT2D eigenvalue weighted by Crippen LogP contribution is -2.27. The molecule has 0 radical (unpaired) electrons. The smallest absolute Gasteiger partial charge is 0.276 e. The lowest BCUT2D eigenvalue weighted by molar-refractivity contribution is 0.376. The van der Waals surface area contributed by atoms with Crippen molar-refractivity contribution in [2.75, 3.05) is 20.1 Å². The molecule has 6 heteroatoms. The quantitative estimate of drug-likeness (QED) is 0.533. The van der Waals surface area contributed by atoms with Gasteiger partial charge in [0, 0.05) is 13.6 Å². The minimum atomic E-state index is -3.54. The maximum Gasteiger partial charge on any atom is 0.276 e. The van der Waals surface area contributed by atoms with Gasteiger partial charge in [-0.05, 0) is 37.4 Å². The zero-order valence-electron chi connectivity index (χ0n) is 13.1. The Morgan fingerprint density at radius 1 is 1.43 bits per heavy atom. The molecule has 1 aromatic rings. The van der Waals surface area contributed by atoms with Gasteiger partial charge in [-0.15, -0.1) is 6.58 Å². The highest BCUT2D eigenvalue weighted by molar-refractivity contribution is 7.89. The highest BCUT2D eigenvalue weighted by atomic mass is 32.2. The Kier molecular flexibility index (Phi) is 7.14. The molecule has 0 unspecified atom stereocenters. The Morgan fingerprint density at radius 2 is 2.14 bits per heavy atom. The Hall–Kier alpha value is -1.11. The minimum absolute atomic E-state index is 0.00458. The van der Waals surface area contributed by atoms with Gasteiger partial charge >= 0.3 is 0 Å². The summed E-state index contributed by atoms with van der Waals surface area (Å²) >= 11 is 0. The molecule has 1 aromatic heterocycles. The molecular formula is C15H26N2O3S. The normalized spacial score (nSPS) is 12.2. The van der Waals surface area contributed by atoms with Crippen molar-refractivity contribution in [1.29, 1.82) is 0 Å². The van der Waals surface area contributed by atoms with E-state index in [1.54, 1.807) is 19.2 Å². The van der Waals surface area contributed by atoms with Crippen LogP contribution in [0.2, 0.25) is 0 Å². The van der Waals surface area contributed by atoms with E-state index in [-0.39, 0.29) is 5.09 Å². The third-order valence-corrected chi connectivity index (χ3v) is 4.77. The zero-order valence-corrected chi connectivity index (χ0v) is 13.9. The van der Waals surface area contributed by atoms with Crippen molar-refractivity contribution in [3.63, 3.8) is 0 Å². The summed E-state index contributed by atoms with van der Waals surface area (Å²) in [5, 5.41) is 3.23. The predicted molar refractivity (Wildman–Crippen MR) is 84.5 cm³/mol. The highest BCUT2D eigenvalue weighted by Gasteiger charge is 2.24. The maximum atomic E-state index is 12.3. The van der Waals surface area contributed by atoms with Gasteiger partial charge < -0.3 is 9.73 Å². The molecule has 0 aliphatic rings. The third kappa shape index (κ3) is 5.65. The first kappa shape index (κ1) is 17.9. The fourth-order valence-electron chi connectivity index (χ4n) is 1.81. The fraction of sp³-hybridized carbons (Fsp3) is 0.600. The lowest BCUT2D eigenvalue weighted by Gasteiger charge is -2.14. The number of nitrogens with one attached hydrogen (secondary N) is 1. The minimum Gasteiger partial charge on any atom is -0.447 e. The largest absolute Gasteiger partial charge is 0.447 e. The number of hydrogen-bond acceptors (Lipinski definition) is 4. The van der Waals surface area contributed by atoms with E-state index in [1.807, 2.05) is 0 Å². The molecule has 21 heavy (non-hydrogen) atoms. The highest BCUT2D eigenvalue weighted by Crippen LogP contribution is 2.18. The van der Waals surface area contributed by atoms with E-state index in [0.717, 1.165) is 19.4 Å². The monoisotopic (exact) mass is 314 g/mol. The molecule has 0 fully saturated rings. The van der Waals surface area contributed by atoms with Crippen LogP contribution < -0.4 is 5.32 Å². The van der Waals surface area contributed by atoms with Gasteiger partial charge in [0.15, 0.2) is 0 Å². The molecule has 1 N–H and O–H groups in total. The van der Waals surface area contributed by atoms with Gasteiger partial charge in [-0.25, -0.2) is 8.42 Å². The molecule has 0 saturated carbocycles. The molecule has 1 heterocycles. The van der Waals surface area contributed by atoms with E-state index in [2.05, 4.69) is 25.7 Å². The summed E-state index contributed by atoms with van der Waals surface area (Å²) in [5.41, 5.74) is 0. The molecule has 0 aliphatic heterocycles. The number of rotatable bonds is 10. The third-order valence-electron chi connectivity index (χ3n) is 3.03. The van der Waals surface area contributed by atoms with Crippen molar-refractivity contribution < 1.29 is 12.8 Å². The standard InChI is InChI=1S/C15H26N2O3S/c1-5-6-7-10-17(4)21(18,19)15-9-8-14(20-15)12-16-11-13(2)3/h5,8-9,13,16H,1,6-7,10-12H2,2-4H3. The van der Waals surface area contributed by atoms with Crippen molar-refractivity contribution in [2.24, 2.45) is 5.92 Å². The van der Waals surface area contributed by atoms with Crippen molar-refractivity contribution in [3.8, 4) is 0 Å². The van der Waals surface area contributed by atoms with Gasteiger partial charge in [0.25, 0.3) is 10.0 Å². The summed E-state index contributed by atoms with van der Waals surface area (Å²) in [4.78, 5) is 0. The molecule has 120 valence electrons. The molecule has 0 bridgehead atoms. The number of hydrogen-bond donors (Lipinski definition) is 1. The van der Waals surface area contributed by atoms with Crippen LogP contribution in [-0.4, -0.2) is 32.9 Å². The molecule has 0 atom stereocenters. The van der Waals surface area contributed by atoms with Gasteiger partial charge in [0.1, 0.15) is 5.76 Å². The lowest BCUT2D eigenvalue weighted by atomic mass is 10.2. The van der Waals surface area contributed by atoms with Gasteiger partial charge in [-0.3, -0.25) is 0 Å². The topological polar surface area (TPSA) is 62.6 Å². The van der Waals surface area contributed by atoms with Crippen LogP contribution in [0.1, 0.15) is 32.4 Å². The molecule has 0 spiro atoms. The number of unbranched alkanes of at least 4 members (excludes halogenated alkanes) is 1. The summed E-state index contributed by atoms with van der Waals surface area (Å²) < 4.78 is 31.4. The van der Waals surface area contributed by atoms with E-state index < -0.39 is 10.0 Å². The van der Waals surface area contributed by atoms with E-state index >= 15 is 0 Å². The van der Waals surface area contributed by atoms with Crippen molar-refractivity contribution >= 4 is 10.0 Å². The number of furan rings is 1. The summed E-state index contributed by atoms with van der Waals surface area (Å²) in [6.07, 6.45) is 3.33. The molecular weight excluding hydrogens is 288 g/mol. The Bertz CT molecular complexity index is 535. The van der Waals surface area contributed by atoms with Crippen molar-refractivity contribution in [1.82, 2.24) is 9.62 Å². The second-order valence-electron chi connectivity index (χ2n) is 5.50. The van der Waals surface area contributed by atoms with E-state index in [9.17, 15) is 8.42 Å². The molecule has 0 amide bonds. The zero-order chi connectivity index (χ0) is 15.9. The number of nitrogens with zero attached hydrogens (tertiary/aromatic N) is 1.